The third-order valence-corrected chi connectivity index (χ3v) is 5.49. The van der Waals surface area contributed by atoms with Crippen molar-refractivity contribution < 1.29 is 55.6 Å². The molecule has 230 valence electrons. The molecule has 18 heteroatoms. The van der Waals surface area contributed by atoms with Crippen molar-refractivity contribution in [1.82, 2.24) is 19.9 Å². The van der Waals surface area contributed by atoms with Gasteiger partial charge in [0.25, 0.3) is 0 Å². The Kier molecular flexibility index (Phi) is 9.63. The summed E-state index contributed by atoms with van der Waals surface area (Å²) in [5.74, 6) is -3.24. The molecule has 1 aliphatic rings. The van der Waals surface area contributed by atoms with E-state index in [0.717, 1.165) is 28.2 Å². The Labute approximate surface area is 242 Å². The Bertz CT molecular complexity index is 1640. The average molecular weight is 624 g/mol. The van der Waals surface area contributed by atoms with E-state index in [4.69, 9.17) is 34.3 Å². The van der Waals surface area contributed by atoms with Crippen LogP contribution in [0.1, 0.15) is 5.56 Å². The zero-order valence-corrected chi connectivity index (χ0v) is 22.2. The molecule has 0 saturated carbocycles. The van der Waals surface area contributed by atoms with E-state index in [1.54, 1.807) is 37.8 Å². The average Bonchev–Trinajstić information content (AvgIpc) is 3.36. The minimum absolute atomic E-state index is 0.390. The third kappa shape index (κ3) is 7.31. The number of ether oxygens (including phenoxy) is 2. The van der Waals surface area contributed by atoms with Gasteiger partial charge >= 0.3 is 24.3 Å². The third-order valence-electron chi connectivity index (χ3n) is 5.49. The van der Waals surface area contributed by atoms with Crippen LogP contribution in [0.15, 0.2) is 48.9 Å². The molecule has 1 aliphatic heterocycles. The second-order valence-corrected chi connectivity index (χ2v) is 8.23. The number of carbonyl (C=O) groups is 2. The zero-order chi connectivity index (χ0) is 32.8. The summed E-state index contributed by atoms with van der Waals surface area (Å²) in [5.41, 5.74) is 5.30. The molecular weight excluding hydrogens is 606 g/mol. The summed E-state index contributed by atoms with van der Waals surface area (Å²) in [5, 5.41) is 27.0. The topological polar surface area (TPSA) is 183 Å². The van der Waals surface area contributed by atoms with Gasteiger partial charge in [-0.25, -0.2) is 19.6 Å². The van der Waals surface area contributed by atoms with Crippen molar-refractivity contribution in [3.63, 3.8) is 0 Å². The molecule has 0 bridgehead atoms. The van der Waals surface area contributed by atoms with Gasteiger partial charge in [0.2, 0.25) is 0 Å². The number of hydrogen-bond donors (Lipinski definition) is 4. The Morgan fingerprint density at radius 3 is 2.07 bits per heavy atom. The van der Waals surface area contributed by atoms with E-state index in [1.165, 1.54) is 7.11 Å². The molecule has 1 aromatic carbocycles. The summed E-state index contributed by atoms with van der Waals surface area (Å²) in [7, 11) is 3.09. The molecule has 3 aromatic heterocycles. The highest BCUT2D eigenvalue weighted by atomic mass is 19.4. The lowest BCUT2D eigenvalue weighted by molar-refractivity contribution is -0.193. The maximum Gasteiger partial charge on any atom is 0.490 e. The Hall–Kier alpha value is -5.86. The molecule has 0 spiro atoms. The number of carboxylic acid groups (broad SMARTS) is 2. The van der Waals surface area contributed by atoms with E-state index < -0.39 is 24.3 Å². The number of nitriles is 1. The number of imidazole rings is 1. The van der Waals surface area contributed by atoms with Crippen LogP contribution in [0.4, 0.5) is 37.8 Å². The lowest BCUT2D eigenvalue weighted by Crippen LogP contribution is -2.21. The van der Waals surface area contributed by atoms with Gasteiger partial charge < -0.3 is 30.0 Å². The van der Waals surface area contributed by atoms with Crippen LogP contribution in [0.2, 0.25) is 0 Å². The minimum atomic E-state index is -5.08. The molecule has 0 amide bonds. The number of aromatic nitrogens is 4. The number of rotatable bonds is 3. The number of H-pyrrole nitrogens is 1. The van der Waals surface area contributed by atoms with Gasteiger partial charge in [0.1, 0.15) is 34.9 Å². The number of fused-ring (bicyclic) bond motifs is 5. The number of pyridine rings is 2. The number of benzene rings is 1. The van der Waals surface area contributed by atoms with Crippen LogP contribution in [-0.2, 0) is 9.59 Å². The Morgan fingerprint density at radius 2 is 1.52 bits per heavy atom. The lowest BCUT2D eigenvalue weighted by Gasteiger charge is -2.11. The van der Waals surface area contributed by atoms with E-state index in [0.29, 0.717) is 34.3 Å². The summed E-state index contributed by atoms with van der Waals surface area (Å²) in [6.07, 6.45) is -4.94. The number of nitrogens with one attached hydrogen (secondary N) is 2. The van der Waals surface area contributed by atoms with Crippen LogP contribution in [-0.4, -0.2) is 68.7 Å². The first-order valence-corrected chi connectivity index (χ1v) is 11.7. The molecule has 4 heterocycles. The Morgan fingerprint density at radius 1 is 0.909 bits per heavy atom. The lowest BCUT2D eigenvalue weighted by atomic mass is 10.1. The number of anilines is 2. The molecule has 4 N–H and O–H groups in total. The van der Waals surface area contributed by atoms with Crippen LogP contribution in [0.25, 0.3) is 33.9 Å². The standard InChI is InChI=1S/C22H16N6O2.2C2HF3O2/c1-29-17-9-15(18(30-2)8-12(17)10-23)22-27-19-13-5-7-24-11-16(13)26-21-14(20(19)28-22)4-3-6-25-21;2*3-2(4,5)1(6)7/h3-9,11H,1-2H3,(H,25,26)(H,27,28);2*(H,6,7). The van der Waals surface area contributed by atoms with Crippen molar-refractivity contribution in [2.75, 3.05) is 19.5 Å². The summed E-state index contributed by atoms with van der Waals surface area (Å²) in [4.78, 5) is 34.8. The first-order chi connectivity index (χ1) is 20.6. The Balaban J connectivity index is 0.000000317. The first kappa shape index (κ1) is 32.7. The van der Waals surface area contributed by atoms with Gasteiger partial charge in [0.05, 0.1) is 42.9 Å². The molecule has 0 saturated heterocycles. The van der Waals surface area contributed by atoms with Crippen molar-refractivity contribution in [1.29, 1.82) is 5.26 Å². The first-order valence-electron chi connectivity index (χ1n) is 11.7. The van der Waals surface area contributed by atoms with Gasteiger partial charge in [-0.1, -0.05) is 0 Å². The highest BCUT2D eigenvalue weighted by Gasteiger charge is 2.39. The maximum atomic E-state index is 10.6. The largest absolute Gasteiger partial charge is 0.496 e. The summed E-state index contributed by atoms with van der Waals surface area (Å²) in [6.45, 7) is 0. The fourth-order valence-corrected chi connectivity index (χ4v) is 3.60. The molecule has 12 nitrogen and oxygen atoms in total. The molecule has 0 aliphatic carbocycles. The SMILES string of the molecule is COc1cc(-c2nc3c([nH]2)-c2ccncc2Nc2ncccc2-3)c(OC)cc1C#N.O=C(O)C(F)(F)F.O=C(O)C(F)(F)F. The predicted octanol–water partition coefficient (Wildman–Crippen LogP) is 5.41. The smallest absolute Gasteiger partial charge is 0.490 e. The van der Waals surface area contributed by atoms with Crippen molar-refractivity contribution in [3.8, 4) is 51.5 Å². The van der Waals surface area contributed by atoms with Gasteiger partial charge in [-0.15, -0.1) is 0 Å². The zero-order valence-electron chi connectivity index (χ0n) is 22.2. The van der Waals surface area contributed by atoms with Crippen molar-refractivity contribution in [2.24, 2.45) is 0 Å². The molecule has 0 atom stereocenters. The summed E-state index contributed by atoms with van der Waals surface area (Å²) >= 11 is 0. The van der Waals surface area contributed by atoms with Gasteiger partial charge in [-0.3, -0.25) is 4.98 Å². The number of aliphatic carboxylic acids is 2. The molecule has 0 unspecified atom stereocenters. The predicted molar refractivity (Wildman–Crippen MR) is 139 cm³/mol. The second-order valence-electron chi connectivity index (χ2n) is 8.23. The van der Waals surface area contributed by atoms with Crippen LogP contribution < -0.4 is 14.8 Å². The number of aromatic amines is 1. The number of carboxylic acids is 2. The minimum Gasteiger partial charge on any atom is -0.496 e. The number of alkyl halides is 6. The van der Waals surface area contributed by atoms with E-state index in [-0.39, 0.29) is 0 Å². The maximum absolute atomic E-state index is 10.6. The number of methoxy groups -OCH3 is 2. The molecule has 0 fully saturated rings. The molecule has 5 rings (SSSR count). The fourth-order valence-electron chi connectivity index (χ4n) is 3.60. The molecular formula is C26H18F6N6O6. The molecule has 4 aromatic rings. The van der Waals surface area contributed by atoms with E-state index >= 15 is 0 Å². The van der Waals surface area contributed by atoms with Crippen LogP contribution in [0, 0.1) is 11.3 Å². The van der Waals surface area contributed by atoms with Crippen molar-refractivity contribution >= 4 is 23.4 Å². The van der Waals surface area contributed by atoms with Crippen LogP contribution in [0.5, 0.6) is 11.5 Å². The van der Waals surface area contributed by atoms with E-state index in [9.17, 15) is 31.6 Å². The van der Waals surface area contributed by atoms with Crippen LogP contribution >= 0.6 is 0 Å². The molecule has 44 heavy (non-hydrogen) atoms. The summed E-state index contributed by atoms with van der Waals surface area (Å²) in [6, 6.07) is 11.3. The fraction of sp³-hybridized carbons (Fsp3) is 0.154. The highest BCUT2D eigenvalue weighted by Crippen LogP contribution is 2.44. The molecule has 0 radical (unpaired) electrons. The normalized spacial score (nSPS) is 11.2. The van der Waals surface area contributed by atoms with E-state index in [2.05, 4.69) is 26.3 Å². The quantitative estimate of drug-likeness (QED) is 0.188. The second kappa shape index (κ2) is 13.0. The summed E-state index contributed by atoms with van der Waals surface area (Å²) < 4.78 is 74.4. The van der Waals surface area contributed by atoms with E-state index in [1.807, 2.05) is 18.2 Å². The van der Waals surface area contributed by atoms with Crippen molar-refractivity contribution in [2.45, 2.75) is 12.4 Å². The van der Waals surface area contributed by atoms with Crippen LogP contribution in [0.3, 0.4) is 0 Å². The van der Waals surface area contributed by atoms with Crippen molar-refractivity contribution in [3.05, 3.63) is 54.5 Å². The number of nitrogens with zero attached hydrogens (tertiary/aromatic N) is 4. The van der Waals surface area contributed by atoms with Gasteiger partial charge in [-0.05, 0) is 24.3 Å². The van der Waals surface area contributed by atoms with Gasteiger partial charge in [0, 0.05) is 29.6 Å². The number of halogens is 6. The van der Waals surface area contributed by atoms with Gasteiger partial charge in [-0.2, -0.15) is 31.6 Å². The number of hydrogen-bond acceptors (Lipinski definition) is 9. The monoisotopic (exact) mass is 624 g/mol. The van der Waals surface area contributed by atoms with Gasteiger partial charge in [0.15, 0.2) is 0 Å². The highest BCUT2D eigenvalue weighted by molar-refractivity contribution is 5.95.